The van der Waals surface area contributed by atoms with Gasteiger partial charge >= 0.3 is 0 Å². The van der Waals surface area contributed by atoms with E-state index in [1.165, 1.54) is 22.3 Å². The van der Waals surface area contributed by atoms with Crippen molar-refractivity contribution in [2.75, 3.05) is 0 Å². The van der Waals surface area contributed by atoms with Crippen LogP contribution >= 0.6 is 0 Å². The first-order chi connectivity index (χ1) is 14.9. The molecule has 1 heterocycles. The molecule has 0 saturated carbocycles. The summed E-state index contributed by atoms with van der Waals surface area (Å²) in [5.74, 6) is 1.58. The summed E-state index contributed by atoms with van der Waals surface area (Å²) >= 11 is 0. The van der Waals surface area contributed by atoms with Gasteiger partial charge < -0.3 is 0 Å². The Balaban J connectivity index is 1.54. The minimum Gasteiger partial charge on any atom is -0.213 e. The zero-order valence-corrected chi connectivity index (χ0v) is 16.4. The molecule has 0 amide bonds. The van der Waals surface area contributed by atoms with E-state index in [-0.39, 0.29) is 0 Å². The minimum absolute atomic E-state index is 0.732. The van der Waals surface area contributed by atoms with Crippen molar-refractivity contribution in [1.82, 2.24) is 14.8 Å². The number of fused-ring (bicyclic) bond motifs is 3. The molecule has 1 aromatic heterocycles. The molecule has 0 radical (unpaired) electrons. The van der Waals surface area contributed by atoms with Crippen LogP contribution in [0.1, 0.15) is 11.1 Å². The van der Waals surface area contributed by atoms with E-state index in [1.54, 1.807) is 0 Å². The van der Waals surface area contributed by atoms with Crippen LogP contribution in [0.15, 0.2) is 103 Å². The summed E-state index contributed by atoms with van der Waals surface area (Å²) in [4.78, 5) is 4.92. The molecular formula is C27H19N3. The number of rotatable bonds is 3. The molecule has 0 fully saturated rings. The van der Waals surface area contributed by atoms with Gasteiger partial charge in [0.15, 0.2) is 11.6 Å². The van der Waals surface area contributed by atoms with Crippen LogP contribution in [-0.2, 0) is 6.42 Å². The molecule has 6 rings (SSSR count). The van der Waals surface area contributed by atoms with E-state index in [9.17, 15) is 0 Å². The molecule has 142 valence electrons. The summed E-state index contributed by atoms with van der Waals surface area (Å²) in [5, 5.41) is 4.91. The monoisotopic (exact) mass is 385 g/mol. The number of hydrogen-bond acceptors (Lipinski definition) is 2. The fourth-order valence-corrected chi connectivity index (χ4v) is 4.22. The van der Waals surface area contributed by atoms with Crippen molar-refractivity contribution in [1.29, 1.82) is 0 Å². The quantitative estimate of drug-likeness (QED) is 0.365. The summed E-state index contributed by atoms with van der Waals surface area (Å²) in [6.07, 6.45) is 0.990. The predicted octanol–water partition coefficient (Wildman–Crippen LogP) is 6.17. The van der Waals surface area contributed by atoms with Gasteiger partial charge in [-0.2, -0.15) is 0 Å². The number of aromatic nitrogens is 3. The van der Waals surface area contributed by atoms with Gasteiger partial charge in [0.1, 0.15) is 0 Å². The molecule has 0 spiro atoms. The second-order valence-corrected chi connectivity index (χ2v) is 7.58. The zero-order valence-electron chi connectivity index (χ0n) is 16.4. The fourth-order valence-electron chi connectivity index (χ4n) is 4.22. The molecule has 3 nitrogen and oxygen atoms in total. The van der Waals surface area contributed by atoms with E-state index in [2.05, 4.69) is 54.6 Å². The van der Waals surface area contributed by atoms with Crippen molar-refractivity contribution in [3.8, 4) is 39.6 Å². The van der Waals surface area contributed by atoms with E-state index in [1.807, 2.05) is 53.2 Å². The lowest BCUT2D eigenvalue weighted by Gasteiger charge is -2.09. The smallest absolute Gasteiger partial charge is 0.182 e. The average Bonchev–Trinajstić information content (AvgIpc) is 3.42. The fraction of sp³-hybridized carbons (Fsp3) is 0.0370. The van der Waals surface area contributed by atoms with Crippen LogP contribution in [0.2, 0.25) is 0 Å². The summed E-state index contributed by atoms with van der Waals surface area (Å²) < 4.78 is 1.97. The average molecular weight is 385 g/mol. The molecule has 0 saturated heterocycles. The maximum Gasteiger partial charge on any atom is 0.182 e. The van der Waals surface area contributed by atoms with Gasteiger partial charge in [-0.15, -0.1) is 5.10 Å². The summed E-state index contributed by atoms with van der Waals surface area (Å²) in [6, 6.07) is 35.7. The van der Waals surface area contributed by atoms with Gasteiger partial charge in [0, 0.05) is 11.1 Å². The summed E-state index contributed by atoms with van der Waals surface area (Å²) in [7, 11) is 0. The molecule has 0 unspecified atom stereocenters. The molecule has 0 atom stereocenters. The lowest BCUT2D eigenvalue weighted by molar-refractivity contribution is 0.890. The molecular weight excluding hydrogens is 366 g/mol. The Morgan fingerprint density at radius 2 is 1.27 bits per heavy atom. The second-order valence-electron chi connectivity index (χ2n) is 7.58. The number of nitrogens with zero attached hydrogens (tertiary/aromatic N) is 3. The maximum atomic E-state index is 4.92. The van der Waals surface area contributed by atoms with Crippen molar-refractivity contribution < 1.29 is 0 Å². The van der Waals surface area contributed by atoms with E-state index in [0.717, 1.165) is 34.9 Å². The van der Waals surface area contributed by atoms with Gasteiger partial charge in [0.2, 0.25) is 0 Å². The highest BCUT2D eigenvalue weighted by Gasteiger charge is 2.20. The molecule has 0 N–H and O–H groups in total. The Hall–Kier alpha value is -3.98. The first-order valence-electron chi connectivity index (χ1n) is 10.2. The predicted molar refractivity (Wildman–Crippen MR) is 120 cm³/mol. The van der Waals surface area contributed by atoms with Gasteiger partial charge in [-0.3, -0.25) is 0 Å². The van der Waals surface area contributed by atoms with Crippen LogP contribution in [-0.4, -0.2) is 14.8 Å². The van der Waals surface area contributed by atoms with Gasteiger partial charge in [0.05, 0.1) is 5.69 Å². The second kappa shape index (κ2) is 6.82. The highest BCUT2D eigenvalue weighted by atomic mass is 15.4. The highest BCUT2D eigenvalue weighted by molar-refractivity contribution is 5.78. The van der Waals surface area contributed by atoms with Crippen LogP contribution in [0.3, 0.4) is 0 Å². The Labute approximate surface area is 175 Å². The number of hydrogen-bond donors (Lipinski definition) is 0. The molecule has 1 aliphatic carbocycles. The van der Waals surface area contributed by atoms with Crippen molar-refractivity contribution in [3.05, 3.63) is 114 Å². The van der Waals surface area contributed by atoms with Crippen LogP contribution in [0.4, 0.5) is 0 Å². The lowest BCUT2D eigenvalue weighted by Crippen LogP contribution is -2.00. The van der Waals surface area contributed by atoms with E-state index in [4.69, 9.17) is 10.1 Å². The lowest BCUT2D eigenvalue weighted by atomic mass is 10.1. The first kappa shape index (κ1) is 16.9. The van der Waals surface area contributed by atoms with Crippen molar-refractivity contribution in [2.45, 2.75) is 6.42 Å². The SMILES string of the molecule is c1ccc(-c2nc(-c3ccccc3)n(-c3ccc4c(c3)-c3ccccc3C4)n2)cc1. The highest BCUT2D eigenvalue weighted by Crippen LogP contribution is 2.38. The van der Waals surface area contributed by atoms with Crippen LogP contribution in [0, 0.1) is 0 Å². The van der Waals surface area contributed by atoms with Gasteiger partial charge in [-0.05, 0) is 40.8 Å². The molecule has 0 aliphatic heterocycles. The van der Waals surface area contributed by atoms with Crippen molar-refractivity contribution in [2.24, 2.45) is 0 Å². The first-order valence-corrected chi connectivity index (χ1v) is 10.2. The minimum atomic E-state index is 0.732. The van der Waals surface area contributed by atoms with Gasteiger partial charge in [0.25, 0.3) is 0 Å². The largest absolute Gasteiger partial charge is 0.213 e. The summed E-state index contributed by atoms with van der Waals surface area (Å²) in [5.41, 5.74) is 8.45. The molecule has 1 aliphatic rings. The Morgan fingerprint density at radius 1 is 0.600 bits per heavy atom. The third kappa shape index (κ3) is 2.75. The number of benzene rings is 4. The summed E-state index contributed by atoms with van der Waals surface area (Å²) in [6.45, 7) is 0. The normalized spacial score (nSPS) is 11.9. The third-order valence-electron chi connectivity index (χ3n) is 5.70. The van der Waals surface area contributed by atoms with Crippen molar-refractivity contribution in [3.63, 3.8) is 0 Å². The van der Waals surface area contributed by atoms with E-state index < -0.39 is 0 Å². The topological polar surface area (TPSA) is 30.7 Å². The Kier molecular flexibility index (Phi) is 3.85. The maximum absolute atomic E-state index is 4.92. The van der Waals surface area contributed by atoms with E-state index >= 15 is 0 Å². The Bertz CT molecular complexity index is 1350. The zero-order chi connectivity index (χ0) is 19.9. The molecule has 5 aromatic rings. The molecule has 4 aromatic carbocycles. The van der Waals surface area contributed by atoms with Crippen LogP contribution in [0.25, 0.3) is 39.6 Å². The molecule has 3 heteroatoms. The van der Waals surface area contributed by atoms with Crippen molar-refractivity contribution >= 4 is 0 Å². The molecule has 0 bridgehead atoms. The third-order valence-corrected chi connectivity index (χ3v) is 5.70. The van der Waals surface area contributed by atoms with E-state index in [0.29, 0.717) is 0 Å². The van der Waals surface area contributed by atoms with Gasteiger partial charge in [-0.25, -0.2) is 9.67 Å². The standard InChI is InChI=1S/C27H19N3/c1-3-9-19(10-4-1)26-28-27(20-11-5-2-6-12-20)30(29-26)23-16-15-22-17-21-13-7-8-14-24(21)25(22)18-23/h1-16,18H,17H2. The van der Waals surface area contributed by atoms with Crippen LogP contribution in [0.5, 0.6) is 0 Å². The Morgan fingerprint density at radius 3 is 2.07 bits per heavy atom. The van der Waals surface area contributed by atoms with Gasteiger partial charge in [-0.1, -0.05) is 91.0 Å². The van der Waals surface area contributed by atoms with Crippen LogP contribution < -0.4 is 0 Å². The molecule has 30 heavy (non-hydrogen) atoms.